The Bertz CT molecular complexity index is 1370. The number of H-pyrrole nitrogens is 1. The molecule has 3 heterocycles. The van der Waals surface area contributed by atoms with Crippen LogP contribution in [0.15, 0.2) is 64.2 Å². The molecule has 1 aromatic carbocycles. The molecule has 0 saturated heterocycles. The number of nitrogens with one attached hydrogen (secondary N) is 1. The Hall–Kier alpha value is -3.37. The van der Waals surface area contributed by atoms with E-state index in [1.807, 2.05) is 12.1 Å². The normalized spacial score (nSPS) is 12.0. The molecule has 0 aliphatic heterocycles. The summed E-state index contributed by atoms with van der Waals surface area (Å²) in [5.74, 6) is -0.510. The monoisotopic (exact) mass is 429 g/mol. The molecule has 30 heavy (non-hydrogen) atoms. The zero-order valence-electron chi connectivity index (χ0n) is 15.6. The van der Waals surface area contributed by atoms with E-state index in [2.05, 4.69) is 10.1 Å². The zero-order chi connectivity index (χ0) is 21.3. The van der Waals surface area contributed by atoms with E-state index in [-0.39, 0.29) is 42.0 Å². The van der Waals surface area contributed by atoms with Crippen LogP contribution in [-0.2, 0) is 13.1 Å². The SMILES string of the molecule is NC/C(=C\F)Cn1ncn(Cc2ccc(-c3cc(F)c4[nH]c(=O)ccc4c3)s2)c1=O. The summed E-state index contributed by atoms with van der Waals surface area (Å²) in [5, 5.41) is 4.59. The number of hydrogen-bond acceptors (Lipinski definition) is 5. The highest BCUT2D eigenvalue weighted by Crippen LogP contribution is 2.31. The van der Waals surface area contributed by atoms with Gasteiger partial charge in [0.2, 0.25) is 5.56 Å². The van der Waals surface area contributed by atoms with E-state index in [1.165, 1.54) is 34.4 Å². The van der Waals surface area contributed by atoms with Crippen LogP contribution in [0.3, 0.4) is 0 Å². The van der Waals surface area contributed by atoms with Crippen molar-refractivity contribution in [1.82, 2.24) is 19.3 Å². The van der Waals surface area contributed by atoms with E-state index in [1.54, 1.807) is 12.1 Å². The lowest BCUT2D eigenvalue weighted by atomic mass is 10.1. The Morgan fingerprint density at radius 3 is 2.83 bits per heavy atom. The quantitative estimate of drug-likeness (QED) is 0.492. The molecule has 0 aliphatic carbocycles. The second kappa shape index (κ2) is 8.17. The molecule has 4 aromatic rings. The number of rotatable bonds is 6. The molecule has 10 heteroatoms. The Morgan fingerprint density at radius 1 is 1.23 bits per heavy atom. The van der Waals surface area contributed by atoms with Gasteiger partial charge in [-0.3, -0.25) is 9.36 Å². The van der Waals surface area contributed by atoms with Crippen LogP contribution >= 0.6 is 11.3 Å². The Kier molecular flexibility index (Phi) is 5.42. The molecule has 0 unspecified atom stereocenters. The number of nitrogens with two attached hydrogens (primary N) is 1. The summed E-state index contributed by atoms with van der Waals surface area (Å²) in [6.45, 7) is 0.275. The number of nitrogens with zero attached hydrogens (tertiary/aromatic N) is 3. The minimum absolute atomic E-state index is 0.000289. The largest absolute Gasteiger partial charge is 0.346 e. The first-order valence-electron chi connectivity index (χ1n) is 9.00. The fourth-order valence-corrected chi connectivity index (χ4v) is 4.07. The number of aromatic amines is 1. The average molecular weight is 429 g/mol. The summed E-state index contributed by atoms with van der Waals surface area (Å²) in [4.78, 5) is 28.0. The smallest absolute Gasteiger partial charge is 0.327 e. The third kappa shape index (κ3) is 3.87. The van der Waals surface area contributed by atoms with Gasteiger partial charge in [-0.15, -0.1) is 11.3 Å². The first-order valence-corrected chi connectivity index (χ1v) is 9.82. The first kappa shape index (κ1) is 19.9. The lowest BCUT2D eigenvalue weighted by Gasteiger charge is -2.03. The predicted octanol–water partition coefficient (Wildman–Crippen LogP) is 2.61. The van der Waals surface area contributed by atoms with Crippen molar-refractivity contribution in [1.29, 1.82) is 0 Å². The van der Waals surface area contributed by atoms with E-state index in [9.17, 15) is 18.4 Å². The molecule has 0 aliphatic rings. The number of fused-ring (bicyclic) bond motifs is 1. The summed E-state index contributed by atoms with van der Waals surface area (Å²) in [6.07, 6.45) is 1.77. The van der Waals surface area contributed by atoms with Crippen LogP contribution in [0.25, 0.3) is 21.3 Å². The molecule has 3 aromatic heterocycles. The van der Waals surface area contributed by atoms with Crippen molar-refractivity contribution < 1.29 is 8.78 Å². The molecule has 0 radical (unpaired) electrons. The van der Waals surface area contributed by atoms with Crippen molar-refractivity contribution in [3.63, 3.8) is 0 Å². The molecular formula is C20H17F2N5O2S. The minimum Gasteiger partial charge on any atom is -0.327 e. The lowest BCUT2D eigenvalue weighted by Crippen LogP contribution is -2.26. The van der Waals surface area contributed by atoms with Crippen molar-refractivity contribution in [3.05, 3.63) is 86.2 Å². The molecule has 3 N–H and O–H groups in total. The van der Waals surface area contributed by atoms with Gasteiger partial charge in [-0.05, 0) is 41.5 Å². The summed E-state index contributed by atoms with van der Waals surface area (Å²) in [5.41, 5.74) is 5.79. The second-order valence-electron chi connectivity index (χ2n) is 6.68. The highest BCUT2D eigenvalue weighted by atomic mass is 32.1. The standard InChI is InChI=1S/C20H17F2N5O2S/c21-7-12(8-23)9-27-20(29)26(11-24-27)10-15-2-3-17(30-15)14-5-13-1-4-18(28)25-19(13)16(22)6-14/h1-7,11H,8-10,23H2,(H,25,28)/b12-7+. The summed E-state index contributed by atoms with van der Waals surface area (Å²) >= 11 is 1.42. The average Bonchev–Trinajstić information content (AvgIpc) is 3.34. The van der Waals surface area contributed by atoms with Crippen LogP contribution in [0.5, 0.6) is 0 Å². The van der Waals surface area contributed by atoms with Crippen LogP contribution in [0.1, 0.15) is 4.88 Å². The highest BCUT2D eigenvalue weighted by molar-refractivity contribution is 7.15. The topological polar surface area (TPSA) is 98.7 Å². The molecule has 0 atom stereocenters. The van der Waals surface area contributed by atoms with Gasteiger partial charge in [0, 0.05) is 27.8 Å². The van der Waals surface area contributed by atoms with Gasteiger partial charge in [0.15, 0.2) is 0 Å². The number of thiophene rings is 1. The van der Waals surface area contributed by atoms with Crippen molar-refractivity contribution in [2.45, 2.75) is 13.1 Å². The maximum atomic E-state index is 14.4. The maximum absolute atomic E-state index is 14.4. The van der Waals surface area contributed by atoms with Gasteiger partial charge < -0.3 is 10.7 Å². The molecule has 0 saturated carbocycles. The van der Waals surface area contributed by atoms with Crippen LogP contribution in [0, 0.1) is 5.82 Å². The van der Waals surface area contributed by atoms with E-state index in [4.69, 9.17) is 5.73 Å². The van der Waals surface area contributed by atoms with Gasteiger partial charge in [-0.2, -0.15) is 5.10 Å². The van der Waals surface area contributed by atoms with Crippen molar-refractivity contribution in [2.24, 2.45) is 5.73 Å². The molecule has 7 nitrogen and oxygen atoms in total. The van der Waals surface area contributed by atoms with Gasteiger partial charge in [-0.25, -0.2) is 18.3 Å². The van der Waals surface area contributed by atoms with Crippen molar-refractivity contribution in [3.8, 4) is 10.4 Å². The van der Waals surface area contributed by atoms with Gasteiger partial charge in [0.1, 0.15) is 12.1 Å². The first-order chi connectivity index (χ1) is 14.5. The Labute approximate surface area is 172 Å². The van der Waals surface area contributed by atoms with Crippen molar-refractivity contribution in [2.75, 3.05) is 6.54 Å². The van der Waals surface area contributed by atoms with Gasteiger partial charge in [-0.1, -0.05) is 0 Å². The van der Waals surface area contributed by atoms with Crippen LogP contribution < -0.4 is 17.0 Å². The number of halogens is 2. The maximum Gasteiger partial charge on any atom is 0.346 e. The Morgan fingerprint density at radius 2 is 2.07 bits per heavy atom. The molecule has 0 amide bonds. The molecule has 154 valence electrons. The summed E-state index contributed by atoms with van der Waals surface area (Å²) in [7, 11) is 0. The molecule has 0 spiro atoms. The minimum atomic E-state index is -0.510. The fraction of sp³-hybridized carbons (Fsp3) is 0.150. The highest BCUT2D eigenvalue weighted by Gasteiger charge is 2.11. The number of benzene rings is 1. The molecule has 0 bridgehead atoms. The summed E-state index contributed by atoms with van der Waals surface area (Å²) in [6, 6.07) is 9.79. The molecular weight excluding hydrogens is 412 g/mol. The van der Waals surface area contributed by atoms with Crippen LogP contribution in [0.4, 0.5) is 8.78 Å². The van der Waals surface area contributed by atoms with E-state index in [0.29, 0.717) is 17.3 Å². The summed E-state index contributed by atoms with van der Waals surface area (Å²) < 4.78 is 29.7. The number of pyridine rings is 1. The van der Waals surface area contributed by atoms with Gasteiger partial charge in [0.05, 0.1) is 24.9 Å². The third-order valence-corrected chi connectivity index (χ3v) is 5.74. The lowest BCUT2D eigenvalue weighted by molar-refractivity contribution is 0.604. The van der Waals surface area contributed by atoms with Gasteiger partial charge >= 0.3 is 5.69 Å². The fourth-order valence-electron chi connectivity index (χ4n) is 3.07. The van der Waals surface area contributed by atoms with Crippen molar-refractivity contribution >= 4 is 22.2 Å². The number of hydrogen-bond donors (Lipinski definition) is 2. The van der Waals surface area contributed by atoms with E-state index >= 15 is 0 Å². The van der Waals surface area contributed by atoms with Crippen LogP contribution in [-0.4, -0.2) is 25.9 Å². The molecule has 4 rings (SSSR count). The Balaban J connectivity index is 1.59. The van der Waals surface area contributed by atoms with Crippen LogP contribution in [0.2, 0.25) is 0 Å². The molecule has 0 fully saturated rings. The van der Waals surface area contributed by atoms with E-state index < -0.39 is 5.82 Å². The third-order valence-electron chi connectivity index (χ3n) is 4.62. The predicted molar refractivity (Wildman–Crippen MR) is 112 cm³/mol. The second-order valence-corrected chi connectivity index (χ2v) is 7.85. The zero-order valence-corrected chi connectivity index (χ0v) is 16.5. The number of aromatic nitrogens is 4. The van der Waals surface area contributed by atoms with Gasteiger partial charge in [0.25, 0.3) is 0 Å². The van der Waals surface area contributed by atoms with E-state index in [0.717, 1.165) is 14.4 Å².